The van der Waals surface area contributed by atoms with Gasteiger partial charge in [-0.1, -0.05) is 242 Å². The first-order chi connectivity index (χ1) is 32.0. The van der Waals surface area contributed by atoms with Crippen molar-refractivity contribution in [1.82, 2.24) is 5.32 Å². The Balaban J connectivity index is 3.57. The summed E-state index contributed by atoms with van der Waals surface area (Å²) in [6.07, 6.45) is 68.5. The molecule has 0 fully saturated rings. The molecule has 0 saturated carbocycles. The Hall–Kier alpha value is -2.18. The van der Waals surface area contributed by atoms with Crippen molar-refractivity contribution in [2.24, 2.45) is 0 Å². The third-order valence-electron chi connectivity index (χ3n) is 12.8. The minimum Gasteiger partial charge on any atom is -0.466 e. The molecule has 2 unspecified atom stereocenters. The highest BCUT2D eigenvalue weighted by Gasteiger charge is 2.18. The Bertz CT molecular complexity index is 1100. The Morgan fingerprint density at radius 2 is 0.785 bits per heavy atom. The first-order valence-corrected chi connectivity index (χ1v) is 28.4. The molecule has 6 heteroatoms. The van der Waals surface area contributed by atoms with Crippen LogP contribution in [0.1, 0.15) is 290 Å². The summed E-state index contributed by atoms with van der Waals surface area (Å²) in [5.41, 5.74) is 0. The Labute approximate surface area is 404 Å². The molecule has 0 saturated heterocycles. The lowest BCUT2D eigenvalue weighted by molar-refractivity contribution is -0.143. The van der Waals surface area contributed by atoms with Crippen LogP contribution in [0, 0.1) is 0 Å². The smallest absolute Gasteiger partial charge is 0.305 e. The largest absolute Gasteiger partial charge is 0.466 e. The molecule has 0 radical (unpaired) electrons. The monoisotopic (exact) mass is 912 g/mol. The summed E-state index contributed by atoms with van der Waals surface area (Å²) in [4.78, 5) is 24.4. The van der Waals surface area contributed by atoms with Crippen molar-refractivity contribution in [3.05, 3.63) is 48.6 Å². The highest BCUT2D eigenvalue weighted by atomic mass is 16.5. The molecule has 0 spiro atoms. The van der Waals surface area contributed by atoms with E-state index in [1.54, 1.807) is 6.08 Å². The maximum Gasteiger partial charge on any atom is 0.305 e. The van der Waals surface area contributed by atoms with Crippen LogP contribution in [-0.4, -0.2) is 47.4 Å². The number of aliphatic hydroxyl groups is 2. The molecule has 0 aliphatic carbocycles. The molecule has 0 bridgehead atoms. The number of rotatable bonds is 52. The molecule has 0 aromatic rings. The van der Waals surface area contributed by atoms with Crippen LogP contribution >= 0.6 is 0 Å². The number of carbonyl (C=O) groups excluding carboxylic acids is 2. The van der Waals surface area contributed by atoms with E-state index in [0.29, 0.717) is 19.4 Å². The van der Waals surface area contributed by atoms with Gasteiger partial charge in [-0.3, -0.25) is 9.59 Å². The lowest BCUT2D eigenvalue weighted by Crippen LogP contribution is -2.45. The summed E-state index contributed by atoms with van der Waals surface area (Å²) in [5.74, 6) is -0.124. The van der Waals surface area contributed by atoms with Gasteiger partial charge in [0.05, 0.1) is 25.4 Å². The maximum absolute atomic E-state index is 12.5. The van der Waals surface area contributed by atoms with Gasteiger partial charge in [-0.2, -0.15) is 0 Å². The van der Waals surface area contributed by atoms with Crippen molar-refractivity contribution < 1.29 is 24.5 Å². The molecule has 0 rings (SSSR count). The lowest BCUT2D eigenvalue weighted by atomic mass is 10.0. The molecule has 0 aromatic heterocycles. The van der Waals surface area contributed by atoms with Crippen molar-refractivity contribution in [1.29, 1.82) is 0 Å². The number of allylic oxidation sites excluding steroid dienone is 7. The highest BCUT2D eigenvalue weighted by molar-refractivity contribution is 5.76. The van der Waals surface area contributed by atoms with E-state index < -0.39 is 12.1 Å². The van der Waals surface area contributed by atoms with Crippen LogP contribution in [0.2, 0.25) is 0 Å². The summed E-state index contributed by atoms with van der Waals surface area (Å²) in [6, 6.07) is -0.646. The molecule has 380 valence electrons. The van der Waals surface area contributed by atoms with Crippen molar-refractivity contribution in [2.45, 2.75) is 302 Å². The molecule has 65 heavy (non-hydrogen) atoms. The van der Waals surface area contributed by atoms with E-state index in [1.807, 2.05) is 6.08 Å². The molecular formula is C59H109NO5. The van der Waals surface area contributed by atoms with Gasteiger partial charge in [-0.25, -0.2) is 0 Å². The van der Waals surface area contributed by atoms with Crippen molar-refractivity contribution >= 4 is 11.9 Å². The number of unbranched alkanes of at least 4 members (excludes halogenated alkanes) is 36. The second-order valence-electron chi connectivity index (χ2n) is 19.3. The molecule has 0 aliphatic rings. The van der Waals surface area contributed by atoms with Crippen LogP contribution < -0.4 is 5.32 Å². The van der Waals surface area contributed by atoms with Crippen LogP contribution in [0.25, 0.3) is 0 Å². The average Bonchev–Trinajstić information content (AvgIpc) is 3.31. The summed E-state index contributed by atoms with van der Waals surface area (Å²) in [6.45, 7) is 4.81. The van der Waals surface area contributed by atoms with Crippen molar-refractivity contribution in [3.63, 3.8) is 0 Å². The number of carbonyl (C=O) groups is 2. The normalized spacial score (nSPS) is 13.0. The molecule has 2 atom stereocenters. The first kappa shape index (κ1) is 62.8. The zero-order valence-corrected chi connectivity index (χ0v) is 43.2. The zero-order chi connectivity index (χ0) is 47.2. The number of amides is 1. The number of nitrogens with one attached hydrogen (secondary N) is 1. The van der Waals surface area contributed by atoms with Crippen LogP contribution in [-0.2, 0) is 14.3 Å². The predicted octanol–water partition coefficient (Wildman–Crippen LogP) is 17.4. The number of esters is 1. The van der Waals surface area contributed by atoms with Gasteiger partial charge in [0.1, 0.15) is 0 Å². The Morgan fingerprint density at radius 1 is 0.431 bits per heavy atom. The third kappa shape index (κ3) is 51.1. The topological polar surface area (TPSA) is 95.9 Å². The molecule has 3 N–H and O–H groups in total. The molecule has 1 amide bonds. The molecular weight excluding hydrogens is 803 g/mol. The molecule has 6 nitrogen and oxygen atoms in total. The van der Waals surface area contributed by atoms with E-state index >= 15 is 0 Å². The molecule has 0 aliphatic heterocycles. The minimum absolute atomic E-state index is 0.0343. The summed E-state index contributed by atoms with van der Waals surface area (Å²) >= 11 is 0. The van der Waals surface area contributed by atoms with E-state index in [2.05, 4.69) is 55.6 Å². The van der Waals surface area contributed by atoms with Gasteiger partial charge < -0.3 is 20.3 Å². The van der Waals surface area contributed by atoms with Crippen molar-refractivity contribution in [2.75, 3.05) is 13.2 Å². The first-order valence-electron chi connectivity index (χ1n) is 28.4. The molecule has 0 heterocycles. The predicted molar refractivity (Wildman–Crippen MR) is 282 cm³/mol. The lowest BCUT2D eigenvalue weighted by Gasteiger charge is -2.20. The second-order valence-corrected chi connectivity index (χ2v) is 19.3. The Kier molecular flexibility index (Phi) is 52.6. The fourth-order valence-electron chi connectivity index (χ4n) is 8.43. The van der Waals surface area contributed by atoms with Gasteiger partial charge in [0.25, 0.3) is 0 Å². The van der Waals surface area contributed by atoms with Crippen LogP contribution in [0.15, 0.2) is 48.6 Å². The average molecular weight is 913 g/mol. The van der Waals surface area contributed by atoms with Gasteiger partial charge in [-0.05, 0) is 83.5 Å². The van der Waals surface area contributed by atoms with Gasteiger partial charge >= 0.3 is 5.97 Å². The fourth-order valence-corrected chi connectivity index (χ4v) is 8.43. The van der Waals surface area contributed by atoms with Crippen molar-refractivity contribution in [3.8, 4) is 0 Å². The van der Waals surface area contributed by atoms with E-state index in [0.717, 1.165) is 77.0 Å². The van der Waals surface area contributed by atoms with Crippen LogP contribution in [0.5, 0.6) is 0 Å². The van der Waals surface area contributed by atoms with Crippen LogP contribution in [0.3, 0.4) is 0 Å². The van der Waals surface area contributed by atoms with E-state index in [1.165, 1.54) is 186 Å². The number of hydrogen-bond acceptors (Lipinski definition) is 5. The van der Waals surface area contributed by atoms with Crippen LogP contribution in [0.4, 0.5) is 0 Å². The quantitative estimate of drug-likeness (QED) is 0.0245. The third-order valence-corrected chi connectivity index (χ3v) is 12.8. The van der Waals surface area contributed by atoms with Gasteiger partial charge in [0.2, 0.25) is 5.91 Å². The van der Waals surface area contributed by atoms with Gasteiger partial charge in [-0.15, -0.1) is 0 Å². The number of aliphatic hydroxyl groups excluding tert-OH is 2. The zero-order valence-electron chi connectivity index (χ0n) is 43.2. The summed E-state index contributed by atoms with van der Waals surface area (Å²) in [5, 5.41) is 23.2. The fraction of sp³-hybridized carbons (Fsp3) is 0.831. The highest BCUT2D eigenvalue weighted by Crippen LogP contribution is 2.16. The van der Waals surface area contributed by atoms with Gasteiger partial charge in [0.15, 0.2) is 0 Å². The van der Waals surface area contributed by atoms with E-state index in [-0.39, 0.29) is 18.5 Å². The van der Waals surface area contributed by atoms with E-state index in [9.17, 15) is 19.8 Å². The standard InChI is InChI=1S/C59H109NO5/c1-3-5-7-9-11-13-15-16-17-18-19-20-21-22-23-25-28-32-35-39-43-47-51-57(62)56(55-61)60-58(63)52-48-44-40-36-33-29-26-24-27-30-34-38-42-46-50-54-65-59(64)53-49-45-41-37-31-14-12-10-8-6-4-2/h10,12,24,27,30,34,47,51,56-57,61-62H,3-9,11,13-23,25-26,28-29,31-33,35-46,48-50,52-55H2,1-2H3,(H,60,63)/b12-10-,27-24-,34-30-,51-47+. The number of hydrogen-bond donors (Lipinski definition) is 3. The SMILES string of the molecule is CCCC/C=C\CCCCCCCC(=O)OCCCCC/C=C\C=C/CCCCCCCCC(=O)NC(CO)C(O)/C=C/CCCCCCCCCCCCCCCCCCCCCC. The van der Waals surface area contributed by atoms with E-state index in [4.69, 9.17) is 4.74 Å². The van der Waals surface area contributed by atoms with Gasteiger partial charge in [0, 0.05) is 12.8 Å². The number of ether oxygens (including phenoxy) is 1. The maximum atomic E-state index is 12.5. The second kappa shape index (κ2) is 54.4. The minimum atomic E-state index is -0.861. The summed E-state index contributed by atoms with van der Waals surface area (Å²) < 4.78 is 5.42. The Morgan fingerprint density at radius 3 is 1.23 bits per heavy atom. The summed E-state index contributed by atoms with van der Waals surface area (Å²) in [7, 11) is 0. The molecule has 0 aromatic carbocycles.